The van der Waals surface area contributed by atoms with E-state index in [0.717, 1.165) is 24.0 Å². The van der Waals surface area contributed by atoms with Gasteiger partial charge in [-0.05, 0) is 23.6 Å². The maximum Gasteiger partial charge on any atom is 0.273 e. The van der Waals surface area contributed by atoms with Gasteiger partial charge in [0, 0.05) is 16.8 Å². The number of hydrogen-bond donors (Lipinski definition) is 1. The predicted octanol–water partition coefficient (Wildman–Crippen LogP) is 2.43. The van der Waals surface area contributed by atoms with Crippen molar-refractivity contribution >= 4 is 34.2 Å². The third-order valence-electron chi connectivity index (χ3n) is 2.77. The van der Waals surface area contributed by atoms with Gasteiger partial charge in [-0.2, -0.15) is 0 Å². The number of thiophene rings is 1. The summed E-state index contributed by atoms with van der Waals surface area (Å²) >= 11 is 3.28. The topological polar surface area (TPSA) is 46.4 Å². The number of aromatic nitrogens is 1. The summed E-state index contributed by atoms with van der Waals surface area (Å²) < 4.78 is 1.96. The minimum Gasteiger partial charge on any atom is -0.338 e. The lowest BCUT2D eigenvalue weighted by molar-refractivity contribution is 0.0969. The van der Waals surface area contributed by atoms with Crippen molar-refractivity contribution < 1.29 is 4.79 Å². The van der Waals surface area contributed by atoms with Crippen molar-refractivity contribution in [1.82, 2.24) is 9.88 Å². The molecule has 98 valence electrons. The van der Waals surface area contributed by atoms with E-state index in [4.69, 9.17) is 0 Å². The van der Waals surface area contributed by atoms with E-state index < -0.39 is 0 Å². The fourth-order valence-electron chi connectivity index (χ4n) is 1.90. The van der Waals surface area contributed by atoms with Crippen LogP contribution in [0.15, 0.2) is 40.8 Å². The molecule has 0 fully saturated rings. The lowest BCUT2D eigenvalue weighted by Gasteiger charge is -2.08. The number of carbonyl (C=O) groups excluding carboxylic acids is 1. The van der Waals surface area contributed by atoms with Gasteiger partial charge >= 0.3 is 0 Å². The molecule has 19 heavy (non-hydrogen) atoms. The number of rotatable bonds is 3. The molecule has 0 saturated heterocycles. The summed E-state index contributed by atoms with van der Waals surface area (Å²) in [6.45, 7) is 1.52. The molecule has 0 saturated carbocycles. The van der Waals surface area contributed by atoms with Crippen LogP contribution >= 0.6 is 23.1 Å². The van der Waals surface area contributed by atoms with Gasteiger partial charge in [-0.1, -0.05) is 17.8 Å². The van der Waals surface area contributed by atoms with Gasteiger partial charge in [0.15, 0.2) is 5.17 Å². The molecule has 3 rings (SSSR count). The maximum absolute atomic E-state index is 12.2. The molecule has 0 atom stereocenters. The Morgan fingerprint density at radius 2 is 2.37 bits per heavy atom. The average Bonchev–Trinajstić information content (AvgIpc) is 3.10. The third-order valence-corrected chi connectivity index (χ3v) is 4.53. The van der Waals surface area contributed by atoms with Crippen LogP contribution in [-0.4, -0.2) is 27.9 Å². The highest BCUT2D eigenvalue weighted by Gasteiger charge is 2.15. The first-order valence-corrected chi connectivity index (χ1v) is 7.85. The number of amidine groups is 1. The molecule has 0 aliphatic carbocycles. The monoisotopic (exact) mass is 291 g/mol. The largest absolute Gasteiger partial charge is 0.338 e. The van der Waals surface area contributed by atoms with Crippen LogP contribution in [0.1, 0.15) is 15.4 Å². The highest BCUT2D eigenvalue weighted by molar-refractivity contribution is 8.14. The van der Waals surface area contributed by atoms with Gasteiger partial charge in [0.05, 0.1) is 13.1 Å². The zero-order valence-corrected chi connectivity index (χ0v) is 11.8. The first-order valence-electron chi connectivity index (χ1n) is 5.99. The zero-order valence-electron chi connectivity index (χ0n) is 10.2. The van der Waals surface area contributed by atoms with Crippen LogP contribution in [0, 0.1) is 0 Å². The van der Waals surface area contributed by atoms with Crippen molar-refractivity contribution in [1.29, 1.82) is 0 Å². The van der Waals surface area contributed by atoms with Crippen molar-refractivity contribution in [3.8, 4) is 0 Å². The standard InChI is InChI=1S/C13H13N3OS2/c17-12(15-13-14-5-8-19-13)11-4-1-6-16(11)9-10-3-2-7-18-10/h1-4,6-7H,5,8-9H2,(H,14,15,17). The molecule has 0 unspecified atom stereocenters. The summed E-state index contributed by atoms with van der Waals surface area (Å²) in [6, 6.07) is 7.83. The van der Waals surface area contributed by atoms with E-state index in [1.165, 1.54) is 4.88 Å². The molecule has 6 heteroatoms. The van der Waals surface area contributed by atoms with Crippen LogP contribution in [0.25, 0.3) is 0 Å². The summed E-state index contributed by atoms with van der Waals surface area (Å²) in [7, 11) is 0. The fourth-order valence-corrected chi connectivity index (χ4v) is 3.33. The number of nitrogens with zero attached hydrogens (tertiary/aromatic N) is 2. The summed E-state index contributed by atoms with van der Waals surface area (Å²) in [5.74, 6) is 0.862. The smallest absolute Gasteiger partial charge is 0.273 e. The summed E-state index contributed by atoms with van der Waals surface area (Å²) in [5, 5.41) is 5.63. The van der Waals surface area contributed by atoms with Crippen LogP contribution < -0.4 is 5.32 Å². The normalized spacial score (nSPS) is 14.4. The molecule has 0 spiro atoms. The summed E-state index contributed by atoms with van der Waals surface area (Å²) in [4.78, 5) is 17.7. The number of carbonyl (C=O) groups is 1. The molecular formula is C13H13N3OS2. The van der Waals surface area contributed by atoms with E-state index in [1.807, 2.05) is 34.3 Å². The molecule has 2 aromatic rings. The molecule has 3 heterocycles. The Balaban J connectivity index is 1.73. The molecule has 4 nitrogen and oxygen atoms in total. The Bertz CT molecular complexity index is 601. The predicted molar refractivity (Wildman–Crippen MR) is 80.1 cm³/mol. The Morgan fingerprint density at radius 3 is 3.11 bits per heavy atom. The number of nitrogens with one attached hydrogen (secondary N) is 1. The van der Waals surface area contributed by atoms with E-state index in [9.17, 15) is 4.79 Å². The summed E-state index contributed by atoms with van der Waals surface area (Å²) in [6.07, 6.45) is 1.93. The van der Waals surface area contributed by atoms with E-state index in [-0.39, 0.29) is 5.91 Å². The van der Waals surface area contributed by atoms with E-state index in [0.29, 0.717) is 5.69 Å². The van der Waals surface area contributed by atoms with Crippen molar-refractivity contribution in [2.45, 2.75) is 6.54 Å². The second-order valence-corrected chi connectivity index (χ2v) is 6.21. The maximum atomic E-state index is 12.2. The van der Waals surface area contributed by atoms with Gasteiger partial charge in [0.25, 0.3) is 5.91 Å². The molecule has 1 aliphatic heterocycles. The molecule has 0 aromatic carbocycles. The molecule has 0 bridgehead atoms. The zero-order chi connectivity index (χ0) is 13.1. The second-order valence-electron chi connectivity index (χ2n) is 4.09. The van der Waals surface area contributed by atoms with Gasteiger partial charge in [-0.15, -0.1) is 11.3 Å². The van der Waals surface area contributed by atoms with Crippen molar-refractivity contribution in [2.24, 2.45) is 4.99 Å². The Morgan fingerprint density at radius 1 is 1.42 bits per heavy atom. The lowest BCUT2D eigenvalue weighted by Crippen LogP contribution is -2.29. The molecule has 2 aromatic heterocycles. The number of hydrogen-bond acceptors (Lipinski definition) is 4. The van der Waals surface area contributed by atoms with Gasteiger partial charge in [0.1, 0.15) is 5.69 Å². The van der Waals surface area contributed by atoms with E-state index in [2.05, 4.69) is 16.4 Å². The highest BCUT2D eigenvalue weighted by Crippen LogP contribution is 2.14. The van der Waals surface area contributed by atoms with Crippen molar-refractivity contribution in [3.63, 3.8) is 0 Å². The molecule has 1 amide bonds. The molecule has 1 N–H and O–H groups in total. The number of aliphatic imine (C=N–C) groups is 1. The highest BCUT2D eigenvalue weighted by atomic mass is 32.2. The molecule has 1 aliphatic rings. The first kappa shape index (κ1) is 12.5. The van der Waals surface area contributed by atoms with E-state index >= 15 is 0 Å². The Labute approximate surface area is 119 Å². The second kappa shape index (κ2) is 5.63. The molecular weight excluding hydrogens is 278 g/mol. The van der Waals surface area contributed by atoms with Gasteiger partial charge < -0.3 is 9.88 Å². The van der Waals surface area contributed by atoms with Gasteiger partial charge in [-0.3, -0.25) is 9.79 Å². The summed E-state index contributed by atoms with van der Waals surface area (Å²) in [5.41, 5.74) is 0.670. The van der Waals surface area contributed by atoms with Crippen LogP contribution in [0.5, 0.6) is 0 Å². The van der Waals surface area contributed by atoms with Crippen LogP contribution in [0.3, 0.4) is 0 Å². The fraction of sp³-hybridized carbons (Fsp3) is 0.231. The van der Waals surface area contributed by atoms with Crippen LogP contribution in [-0.2, 0) is 6.54 Å². The average molecular weight is 291 g/mol. The lowest BCUT2D eigenvalue weighted by atomic mass is 10.4. The van der Waals surface area contributed by atoms with Crippen molar-refractivity contribution in [3.05, 3.63) is 46.4 Å². The third kappa shape index (κ3) is 2.90. The van der Waals surface area contributed by atoms with Crippen molar-refractivity contribution in [2.75, 3.05) is 12.3 Å². The number of thioether (sulfide) groups is 1. The number of amides is 1. The SMILES string of the molecule is O=C(NC1=NCCS1)c1cccn1Cc1cccs1. The minimum absolute atomic E-state index is 0.0882. The quantitative estimate of drug-likeness (QED) is 0.944. The van der Waals surface area contributed by atoms with Gasteiger partial charge in [0.2, 0.25) is 0 Å². The Kier molecular flexibility index (Phi) is 3.70. The minimum atomic E-state index is -0.0882. The van der Waals surface area contributed by atoms with Gasteiger partial charge in [-0.25, -0.2) is 0 Å². The first-order chi connectivity index (χ1) is 9.33. The van der Waals surface area contributed by atoms with Crippen LogP contribution in [0.4, 0.5) is 0 Å². The Hall–Kier alpha value is -1.53. The van der Waals surface area contributed by atoms with E-state index in [1.54, 1.807) is 23.1 Å². The van der Waals surface area contributed by atoms with Crippen LogP contribution in [0.2, 0.25) is 0 Å². The molecule has 0 radical (unpaired) electrons.